The normalized spacial score (nSPS) is 15.3. The molecule has 1 aliphatic heterocycles. The molecule has 2 aromatic carbocycles. The van der Waals surface area contributed by atoms with Crippen LogP contribution in [0, 0.1) is 5.92 Å². The van der Waals surface area contributed by atoms with Gasteiger partial charge in [0.2, 0.25) is 0 Å². The highest BCUT2D eigenvalue weighted by Gasteiger charge is 2.29. The third kappa shape index (κ3) is 5.20. The number of fused-ring (bicyclic) bond motifs is 3. The molecular formula is C29H32N4O4. The number of likely N-dealkylation sites (tertiary alicyclic amines) is 1. The van der Waals surface area contributed by atoms with Crippen molar-refractivity contribution in [1.82, 2.24) is 19.4 Å². The second kappa shape index (κ2) is 9.94. The highest BCUT2D eigenvalue weighted by atomic mass is 16.6. The van der Waals surface area contributed by atoms with Crippen LogP contribution in [-0.2, 0) is 16.1 Å². The molecule has 5 rings (SSSR count). The van der Waals surface area contributed by atoms with Crippen molar-refractivity contribution in [1.29, 1.82) is 0 Å². The lowest BCUT2D eigenvalue weighted by atomic mass is 9.96. The van der Waals surface area contributed by atoms with Crippen molar-refractivity contribution >= 4 is 33.9 Å². The topological polar surface area (TPSA) is 97.6 Å². The number of pyridine rings is 1. The molecule has 0 atom stereocenters. The molecule has 2 aromatic heterocycles. The van der Waals surface area contributed by atoms with Gasteiger partial charge >= 0.3 is 11.9 Å². The van der Waals surface area contributed by atoms with Gasteiger partial charge in [0.25, 0.3) is 0 Å². The molecule has 8 nitrogen and oxygen atoms in total. The zero-order valence-corrected chi connectivity index (χ0v) is 21.5. The van der Waals surface area contributed by atoms with Crippen LogP contribution in [0.4, 0.5) is 0 Å². The summed E-state index contributed by atoms with van der Waals surface area (Å²) in [5, 5.41) is 10.8. The van der Waals surface area contributed by atoms with E-state index in [9.17, 15) is 14.7 Å². The van der Waals surface area contributed by atoms with Crippen LogP contribution >= 0.6 is 0 Å². The Bertz CT molecular complexity index is 1450. The second-order valence-corrected chi connectivity index (χ2v) is 10.6. The van der Waals surface area contributed by atoms with Gasteiger partial charge in [0, 0.05) is 24.0 Å². The number of benzene rings is 2. The van der Waals surface area contributed by atoms with Crippen molar-refractivity contribution in [2.75, 3.05) is 19.6 Å². The number of ether oxygens (including phenoxy) is 1. The molecule has 8 heteroatoms. The van der Waals surface area contributed by atoms with E-state index in [2.05, 4.69) is 14.5 Å². The standard InChI is InChI=1S/C29H32N4O4/c1-29(2,3)37-28(36)20-13-15-32(16-14-20)17-18-33-25-21-11-7-8-12-22(21)30-24(27(34)35)23(25)31-26(33)19-9-5-4-6-10-19/h4-12,20H,13-18H2,1-3H3,(H,34,35). The predicted octanol–water partition coefficient (Wildman–Crippen LogP) is 5.00. The molecule has 4 aromatic rings. The summed E-state index contributed by atoms with van der Waals surface area (Å²) < 4.78 is 7.72. The van der Waals surface area contributed by atoms with E-state index in [1.807, 2.05) is 75.4 Å². The van der Waals surface area contributed by atoms with Gasteiger partial charge in [0.05, 0.1) is 17.0 Å². The van der Waals surface area contributed by atoms with Crippen molar-refractivity contribution in [2.45, 2.75) is 45.8 Å². The predicted molar refractivity (Wildman–Crippen MR) is 142 cm³/mol. The molecule has 1 aliphatic rings. The molecule has 3 heterocycles. The van der Waals surface area contributed by atoms with Crippen molar-refractivity contribution in [3.8, 4) is 11.4 Å². The van der Waals surface area contributed by atoms with Gasteiger partial charge < -0.3 is 19.3 Å². The molecule has 0 bridgehead atoms. The van der Waals surface area contributed by atoms with Crippen LogP contribution in [0.25, 0.3) is 33.3 Å². The summed E-state index contributed by atoms with van der Waals surface area (Å²) in [5.74, 6) is -0.555. The summed E-state index contributed by atoms with van der Waals surface area (Å²) in [6.45, 7) is 8.69. The average Bonchev–Trinajstić information content (AvgIpc) is 3.26. The van der Waals surface area contributed by atoms with Gasteiger partial charge in [-0.15, -0.1) is 0 Å². The number of carboxylic acids is 1. The summed E-state index contributed by atoms with van der Waals surface area (Å²) in [7, 11) is 0. The van der Waals surface area contributed by atoms with Gasteiger partial charge in [0.15, 0.2) is 5.69 Å². The molecule has 0 spiro atoms. The van der Waals surface area contributed by atoms with Crippen LogP contribution in [0.15, 0.2) is 54.6 Å². The molecule has 1 saturated heterocycles. The van der Waals surface area contributed by atoms with E-state index in [1.165, 1.54) is 0 Å². The van der Waals surface area contributed by atoms with Crippen LogP contribution < -0.4 is 0 Å². The molecule has 0 radical (unpaired) electrons. The summed E-state index contributed by atoms with van der Waals surface area (Å²) in [6, 6.07) is 17.4. The van der Waals surface area contributed by atoms with Gasteiger partial charge in [-0.1, -0.05) is 48.5 Å². The fraction of sp³-hybridized carbons (Fsp3) is 0.379. The first-order chi connectivity index (χ1) is 17.7. The van der Waals surface area contributed by atoms with Crippen molar-refractivity contribution < 1.29 is 19.4 Å². The van der Waals surface area contributed by atoms with Gasteiger partial charge in [0.1, 0.15) is 16.9 Å². The number of hydrogen-bond donors (Lipinski definition) is 1. The zero-order chi connectivity index (χ0) is 26.2. The number of esters is 1. The molecule has 0 aliphatic carbocycles. The number of carbonyl (C=O) groups is 2. The molecular weight excluding hydrogens is 468 g/mol. The summed E-state index contributed by atoms with van der Waals surface area (Å²) >= 11 is 0. The van der Waals surface area contributed by atoms with E-state index in [-0.39, 0.29) is 17.6 Å². The van der Waals surface area contributed by atoms with Crippen molar-refractivity contribution in [2.24, 2.45) is 5.92 Å². The van der Waals surface area contributed by atoms with E-state index < -0.39 is 11.6 Å². The molecule has 0 saturated carbocycles. The first-order valence-corrected chi connectivity index (χ1v) is 12.7. The third-order valence-electron chi connectivity index (χ3n) is 6.79. The number of carbonyl (C=O) groups excluding carboxylic acids is 1. The number of aromatic nitrogens is 3. The second-order valence-electron chi connectivity index (χ2n) is 10.6. The molecule has 0 amide bonds. The maximum Gasteiger partial charge on any atom is 0.356 e. The Balaban J connectivity index is 1.47. The number of carboxylic acid groups (broad SMARTS) is 1. The third-order valence-corrected chi connectivity index (χ3v) is 6.79. The minimum Gasteiger partial charge on any atom is -0.476 e. The van der Waals surface area contributed by atoms with E-state index in [4.69, 9.17) is 9.72 Å². The fourth-order valence-electron chi connectivity index (χ4n) is 5.03. The summed E-state index contributed by atoms with van der Waals surface area (Å²) in [5.41, 5.74) is 2.22. The number of hydrogen-bond acceptors (Lipinski definition) is 6. The highest BCUT2D eigenvalue weighted by Crippen LogP contribution is 2.32. The van der Waals surface area contributed by atoms with E-state index >= 15 is 0 Å². The van der Waals surface area contributed by atoms with Crippen LogP contribution in [0.1, 0.15) is 44.1 Å². The first-order valence-electron chi connectivity index (χ1n) is 12.7. The van der Waals surface area contributed by atoms with E-state index in [1.54, 1.807) is 0 Å². The average molecular weight is 501 g/mol. The SMILES string of the molecule is CC(C)(C)OC(=O)C1CCN(CCn2c(-c3ccccc3)nc3c(C(=O)O)nc4ccccc4c32)CC1. The number of nitrogens with zero attached hydrogens (tertiary/aromatic N) is 4. The van der Waals surface area contributed by atoms with Gasteiger partial charge in [-0.25, -0.2) is 14.8 Å². The maximum absolute atomic E-state index is 12.5. The lowest BCUT2D eigenvalue weighted by Crippen LogP contribution is -2.40. The molecule has 192 valence electrons. The smallest absolute Gasteiger partial charge is 0.356 e. The van der Waals surface area contributed by atoms with Gasteiger partial charge in [-0.3, -0.25) is 4.79 Å². The largest absolute Gasteiger partial charge is 0.476 e. The van der Waals surface area contributed by atoms with Crippen molar-refractivity contribution in [3.63, 3.8) is 0 Å². The lowest BCUT2D eigenvalue weighted by molar-refractivity contribution is -0.161. The van der Waals surface area contributed by atoms with Gasteiger partial charge in [-0.05, 0) is 52.8 Å². The Morgan fingerprint density at radius 3 is 2.32 bits per heavy atom. The summed E-state index contributed by atoms with van der Waals surface area (Å²) in [4.78, 5) is 36.3. The Morgan fingerprint density at radius 2 is 1.65 bits per heavy atom. The molecule has 1 N–H and O–H groups in total. The minimum absolute atomic E-state index is 0.0391. The first kappa shape index (κ1) is 24.9. The van der Waals surface area contributed by atoms with E-state index in [0.717, 1.165) is 54.8 Å². The van der Waals surface area contributed by atoms with Crippen LogP contribution in [0.5, 0.6) is 0 Å². The van der Waals surface area contributed by atoms with Crippen LogP contribution in [0.2, 0.25) is 0 Å². The number of rotatable bonds is 6. The highest BCUT2D eigenvalue weighted by molar-refractivity contribution is 6.11. The number of aromatic carboxylic acids is 1. The Labute approximate surface area is 215 Å². The zero-order valence-electron chi connectivity index (χ0n) is 21.5. The van der Waals surface area contributed by atoms with Gasteiger partial charge in [-0.2, -0.15) is 0 Å². The van der Waals surface area contributed by atoms with E-state index in [0.29, 0.717) is 17.6 Å². The Kier molecular flexibility index (Phi) is 6.69. The summed E-state index contributed by atoms with van der Waals surface area (Å²) in [6.07, 6.45) is 1.53. The molecule has 0 unspecified atom stereocenters. The number of para-hydroxylation sites is 1. The lowest BCUT2D eigenvalue weighted by Gasteiger charge is -2.32. The molecule has 37 heavy (non-hydrogen) atoms. The monoisotopic (exact) mass is 500 g/mol. The van der Waals surface area contributed by atoms with Crippen molar-refractivity contribution in [3.05, 3.63) is 60.3 Å². The fourth-order valence-corrected chi connectivity index (χ4v) is 5.03. The maximum atomic E-state index is 12.5. The Hall–Kier alpha value is -3.78. The number of piperidine rings is 1. The Morgan fingerprint density at radius 1 is 0.973 bits per heavy atom. The molecule has 1 fully saturated rings. The van der Waals surface area contributed by atoms with Crippen LogP contribution in [0.3, 0.4) is 0 Å². The quantitative estimate of drug-likeness (QED) is 0.372. The number of imidazole rings is 1. The van der Waals surface area contributed by atoms with Crippen LogP contribution in [-0.4, -0.2) is 61.7 Å². The minimum atomic E-state index is -1.09.